The minimum absolute atomic E-state index is 0.0418. The van der Waals surface area contributed by atoms with E-state index in [1.807, 2.05) is 44.2 Å². The zero-order valence-corrected chi connectivity index (χ0v) is 21.8. The first-order valence-corrected chi connectivity index (χ1v) is 12.3. The van der Waals surface area contributed by atoms with E-state index in [-0.39, 0.29) is 36.2 Å². The van der Waals surface area contributed by atoms with Crippen molar-refractivity contribution in [3.63, 3.8) is 0 Å². The van der Waals surface area contributed by atoms with E-state index in [0.29, 0.717) is 28.6 Å². The molecule has 0 bridgehead atoms. The fraction of sp³-hybridized carbons (Fsp3) is 0.267. The normalized spacial score (nSPS) is 16.7. The number of ether oxygens (including phenoxy) is 4. The molecule has 8 heteroatoms. The molecule has 1 saturated heterocycles. The van der Waals surface area contributed by atoms with Gasteiger partial charge in [0.05, 0.1) is 44.1 Å². The molecule has 1 unspecified atom stereocenters. The molecular formula is C30H31NO7. The zero-order valence-electron chi connectivity index (χ0n) is 21.8. The van der Waals surface area contributed by atoms with Crippen molar-refractivity contribution in [2.45, 2.75) is 26.0 Å². The lowest BCUT2D eigenvalue weighted by atomic mass is 9.94. The summed E-state index contributed by atoms with van der Waals surface area (Å²) >= 11 is 0. The molecule has 0 spiro atoms. The van der Waals surface area contributed by atoms with Gasteiger partial charge in [-0.25, -0.2) is 0 Å². The average molecular weight is 518 g/mol. The van der Waals surface area contributed by atoms with Crippen molar-refractivity contribution in [2.24, 2.45) is 0 Å². The Morgan fingerprint density at radius 2 is 1.63 bits per heavy atom. The number of Topliss-reactive ketones (excluding diaryl/α,β-unsaturated/α-hetero) is 1. The Balaban J connectivity index is 1.81. The molecule has 3 aromatic carbocycles. The van der Waals surface area contributed by atoms with Gasteiger partial charge in [0.1, 0.15) is 28.8 Å². The second kappa shape index (κ2) is 11.8. The van der Waals surface area contributed by atoms with Crippen molar-refractivity contribution in [2.75, 3.05) is 27.4 Å². The molecule has 3 aromatic rings. The van der Waals surface area contributed by atoms with Crippen LogP contribution in [-0.2, 0) is 14.3 Å². The highest BCUT2D eigenvalue weighted by molar-refractivity contribution is 6.46. The fourth-order valence-corrected chi connectivity index (χ4v) is 4.36. The highest BCUT2D eigenvalue weighted by atomic mass is 16.5. The Kier molecular flexibility index (Phi) is 8.33. The summed E-state index contributed by atoms with van der Waals surface area (Å²) in [6.45, 7) is 4.18. The van der Waals surface area contributed by atoms with Crippen LogP contribution in [-0.4, -0.2) is 55.2 Å². The molecule has 1 atom stereocenters. The molecule has 1 fully saturated rings. The molecule has 1 heterocycles. The maximum absolute atomic E-state index is 13.4. The van der Waals surface area contributed by atoms with Gasteiger partial charge < -0.3 is 29.0 Å². The second-order valence-electron chi connectivity index (χ2n) is 8.97. The summed E-state index contributed by atoms with van der Waals surface area (Å²) in [4.78, 5) is 28.0. The van der Waals surface area contributed by atoms with Crippen LogP contribution in [0.5, 0.6) is 23.0 Å². The van der Waals surface area contributed by atoms with Gasteiger partial charge in [-0.1, -0.05) is 30.3 Å². The van der Waals surface area contributed by atoms with Gasteiger partial charge in [-0.3, -0.25) is 9.59 Å². The topological polar surface area (TPSA) is 94.5 Å². The first-order chi connectivity index (χ1) is 18.3. The summed E-state index contributed by atoms with van der Waals surface area (Å²) in [5.41, 5.74) is 0.836. The number of aliphatic hydroxyl groups is 1. The van der Waals surface area contributed by atoms with Crippen LogP contribution in [0.1, 0.15) is 31.0 Å². The van der Waals surface area contributed by atoms with Crippen molar-refractivity contribution in [1.29, 1.82) is 0 Å². The van der Waals surface area contributed by atoms with E-state index in [4.69, 9.17) is 18.9 Å². The number of carbonyl (C=O) groups is 2. The molecule has 8 nitrogen and oxygen atoms in total. The number of carbonyl (C=O) groups excluding carboxylic acids is 2. The number of hydrogen-bond acceptors (Lipinski definition) is 7. The standard InChI is InChI=1S/C30H31NO7/c1-19(2)37-16-15-31-27(20-9-8-12-23(17-20)38-21-10-6-5-7-11-21)26(29(33)30(31)34)28(32)24-14-13-22(35-3)18-25(24)36-4/h5-14,17-19,27,32H,15-16H2,1-4H3/b28-26+. The van der Waals surface area contributed by atoms with Crippen LogP contribution in [0.4, 0.5) is 0 Å². The summed E-state index contributed by atoms with van der Waals surface area (Å²) in [6.07, 6.45) is -0.0450. The number of likely N-dealkylation sites (tertiary alicyclic amines) is 1. The molecule has 0 radical (unpaired) electrons. The zero-order chi connectivity index (χ0) is 27.2. The molecule has 1 N–H and O–H groups in total. The Bertz CT molecular complexity index is 1330. The molecule has 0 aromatic heterocycles. The molecular weight excluding hydrogens is 486 g/mol. The third-order valence-corrected chi connectivity index (χ3v) is 6.14. The third-order valence-electron chi connectivity index (χ3n) is 6.14. The van der Waals surface area contributed by atoms with Crippen molar-refractivity contribution < 1.29 is 33.6 Å². The first-order valence-electron chi connectivity index (χ1n) is 12.3. The number of methoxy groups -OCH3 is 2. The van der Waals surface area contributed by atoms with Gasteiger partial charge in [0, 0.05) is 12.6 Å². The lowest BCUT2D eigenvalue weighted by molar-refractivity contribution is -0.140. The molecule has 0 aliphatic carbocycles. The Morgan fingerprint density at radius 3 is 2.32 bits per heavy atom. The lowest BCUT2D eigenvalue weighted by Gasteiger charge is -2.26. The third kappa shape index (κ3) is 5.65. The highest BCUT2D eigenvalue weighted by Gasteiger charge is 2.46. The van der Waals surface area contributed by atoms with Gasteiger partial charge in [0.25, 0.3) is 11.7 Å². The number of hydrogen-bond donors (Lipinski definition) is 1. The van der Waals surface area contributed by atoms with Crippen LogP contribution < -0.4 is 14.2 Å². The average Bonchev–Trinajstić information content (AvgIpc) is 3.18. The summed E-state index contributed by atoms with van der Waals surface area (Å²) in [5, 5.41) is 11.4. The smallest absolute Gasteiger partial charge is 0.295 e. The monoisotopic (exact) mass is 517 g/mol. The number of amides is 1. The number of nitrogens with zero attached hydrogens (tertiary/aromatic N) is 1. The van der Waals surface area contributed by atoms with E-state index < -0.39 is 17.7 Å². The maximum atomic E-state index is 13.4. The largest absolute Gasteiger partial charge is 0.507 e. The van der Waals surface area contributed by atoms with Crippen molar-refractivity contribution in [1.82, 2.24) is 4.90 Å². The lowest BCUT2D eigenvalue weighted by Crippen LogP contribution is -2.33. The summed E-state index contributed by atoms with van der Waals surface area (Å²) in [5.74, 6) is 0.152. The SMILES string of the molecule is COc1ccc(/C(O)=C2\C(=O)C(=O)N(CCOC(C)C)C2c2cccc(Oc3ccccc3)c2)c(OC)c1. The van der Waals surface area contributed by atoms with Crippen molar-refractivity contribution >= 4 is 17.4 Å². The number of rotatable bonds is 10. The molecule has 4 rings (SSSR count). The van der Waals surface area contributed by atoms with Gasteiger partial charge in [0.2, 0.25) is 0 Å². The maximum Gasteiger partial charge on any atom is 0.295 e. The Hall–Kier alpha value is -4.30. The first kappa shape index (κ1) is 26.8. The highest BCUT2D eigenvalue weighted by Crippen LogP contribution is 2.42. The van der Waals surface area contributed by atoms with E-state index in [1.165, 1.54) is 19.1 Å². The van der Waals surface area contributed by atoms with Gasteiger partial charge in [0.15, 0.2) is 0 Å². The second-order valence-corrected chi connectivity index (χ2v) is 8.97. The van der Waals surface area contributed by atoms with Gasteiger partial charge >= 0.3 is 0 Å². The Labute approximate surface area is 222 Å². The predicted molar refractivity (Wildman–Crippen MR) is 143 cm³/mol. The van der Waals surface area contributed by atoms with Crippen LogP contribution >= 0.6 is 0 Å². The van der Waals surface area contributed by atoms with E-state index in [0.717, 1.165) is 0 Å². The number of ketones is 1. The molecule has 198 valence electrons. The molecule has 0 saturated carbocycles. The fourth-order valence-electron chi connectivity index (χ4n) is 4.36. The summed E-state index contributed by atoms with van der Waals surface area (Å²) in [7, 11) is 2.97. The molecule has 1 aliphatic rings. The van der Waals surface area contributed by atoms with Crippen LogP contribution in [0.25, 0.3) is 5.76 Å². The van der Waals surface area contributed by atoms with Crippen LogP contribution in [0.2, 0.25) is 0 Å². The number of para-hydroxylation sites is 1. The molecule has 1 amide bonds. The van der Waals surface area contributed by atoms with Gasteiger partial charge in [-0.15, -0.1) is 0 Å². The van der Waals surface area contributed by atoms with Crippen LogP contribution in [0.3, 0.4) is 0 Å². The van der Waals surface area contributed by atoms with Crippen LogP contribution in [0.15, 0.2) is 78.4 Å². The molecule has 1 aliphatic heterocycles. The summed E-state index contributed by atoms with van der Waals surface area (Å²) < 4.78 is 22.4. The predicted octanol–water partition coefficient (Wildman–Crippen LogP) is 5.34. The van der Waals surface area contributed by atoms with E-state index in [1.54, 1.807) is 42.5 Å². The van der Waals surface area contributed by atoms with Gasteiger partial charge in [-0.05, 0) is 55.8 Å². The summed E-state index contributed by atoms with van der Waals surface area (Å²) in [6, 6.07) is 20.4. The van der Waals surface area contributed by atoms with Gasteiger partial charge in [-0.2, -0.15) is 0 Å². The molecule has 38 heavy (non-hydrogen) atoms. The van der Waals surface area contributed by atoms with E-state index in [9.17, 15) is 14.7 Å². The van der Waals surface area contributed by atoms with Crippen LogP contribution in [0, 0.1) is 0 Å². The van der Waals surface area contributed by atoms with Crippen molar-refractivity contribution in [3.8, 4) is 23.0 Å². The van der Waals surface area contributed by atoms with E-state index >= 15 is 0 Å². The number of aliphatic hydroxyl groups excluding tert-OH is 1. The van der Waals surface area contributed by atoms with E-state index in [2.05, 4.69) is 0 Å². The van der Waals surface area contributed by atoms with Crippen molar-refractivity contribution in [3.05, 3.63) is 89.5 Å². The minimum atomic E-state index is -0.864. The minimum Gasteiger partial charge on any atom is -0.507 e. The Morgan fingerprint density at radius 1 is 0.895 bits per heavy atom. The quantitative estimate of drug-likeness (QED) is 0.220. The number of benzene rings is 3.